The average Bonchev–Trinajstić information content (AvgIpc) is 2.93. The van der Waals surface area contributed by atoms with E-state index in [1.54, 1.807) is 24.3 Å². The van der Waals surface area contributed by atoms with Crippen LogP contribution in [0.1, 0.15) is 5.56 Å². The Bertz CT molecular complexity index is 730. The molecular weight excluding hydrogens is 282 g/mol. The third-order valence-corrected chi connectivity index (χ3v) is 2.69. The molecule has 0 unspecified atom stereocenters. The van der Waals surface area contributed by atoms with E-state index in [0.717, 1.165) is 5.56 Å². The van der Waals surface area contributed by atoms with Gasteiger partial charge in [-0.2, -0.15) is 8.78 Å². The van der Waals surface area contributed by atoms with E-state index in [2.05, 4.69) is 30.7 Å². The zero-order valence-corrected chi connectivity index (χ0v) is 10.6. The van der Waals surface area contributed by atoms with Gasteiger partial charge < -0.3 is 10.1 Å². The Kier molecular flexibility index (Phi) is 3.54. The lowest BCUT2D eigenvalue weighted by atomic mass is 10.2. The van der Waals surface area contributed by atoms with E-state index in [1.807, 2.05) is 0 Å². The molecule has 7 nitrogen and oxygen atoms in total. The number of nitrogens with zero attached hydrogens (tertiary/aromatic N) is 5. The number of anilines is 1. The van der Waals surface area contributed by atoms with Crippen LogP contribution in [0.2, 0.25) is 0 Å². The van der Waals surface area contributed by atoms with E-state index in [0.29, 0.717) is 18.0 Å². The molecular formula is C12H10F2N6O. The molecule has 1 N–H and O–H groups in total. The van der Waals surface area contributed by atoms with Gasteiger partial charge in [0, 0.05) is 6.54 Å². The van der Waals surface area contributed by atoms with Crippen LogP contribution in [0, 0.1) is 0 Å². The second-order valence-corrected chi connectivity index (χ2v) is 4.12. The summed E-state index contributed by atoms with van der Waals surface area (Å²) in [5.41, 5.74) is 1.45. The summed E-state index contributed by atoms with van der Waals surface area (Å²) in [6, 6.07) is 9.84. The van der Waals surface area contributed by atoms with E-state index in [-0.39, 0.29) is 5.75 Å². The number of tetrazole rings is 1. The van der Waals surface area contributed by atoms with Crippen molar-refractivity contribution in [2.75, 3.05) is 5.32 Å². The molecule has 0 saturated heterocycles. The van der Waals surface area contributed by atoms with Crippen molar-refractivity contribution in [2.24, 2.45) is 0 Å². The van der Waals surface area contributed by atoms with Gasteiger partial charge in [-0.15, -0.1) is 14.8 Å². The van der Waals surface area contributed by atoms with Gasteiger partial charge in [0.2, 0.25) is 0 Å². The van der Waals surface area contributed by atoms with Gasteiger partial charge in [0.15, 0.2) is 5.65 Å². The molecule has 0 aliphatic carbocycles. The number of nitrogens with one attached hydrogen (secondary N) is 1. The fourth-order valence-electron chi connectivity index (χ4n) is 1.73. The minimum atomic E-state index is -2.82. The molecule has 0 fully saturated rings. The topological polar surface area (TPSA) is 77.2 Å². The van der Waals surface area contributed by atoms with E-state index in [1.165, 1.54) is 16.8 Å². The van der Waals surface area contributed by atoms with Crippen LogP contribution in [0.15, 0.2) is 36.4 Å². The van der Waals surface area contributed by atoms with Crippen LogP contribution in [0.5, 0.6) is 5.75 Å². The Balaban J connectivity index is 1.63. The zero-order valence-electron chi connectivity index (χ0n) is 10.6. The Morgan fingerprint density at radius 1 is 1.14 bits per heavy atom. The predicted octanol–water partition coefficient (Wildman–Crippen LogP) is 1.73. The molecule has 0 radical (unpaired) electrons. The first kappa shape index (κ1) is 13.2. The molecule has 2 aromatic heterocycles. The van der Waals surface area contributed by atoms with Crippen molar-refractivity contribution in [3.05, 3.63) is 42.0 Å². The number of hydrogen-bond donors (Lipinski definition) is 1. The van der Waals surface area contributed by atoms with Gasteiger partial charge in [-0.3, -0.25) is 0 Å². The fraction of sp³-hybridized carbons (Fsp3) is 0.167. The van der Waals surface area contributed by atoms with Gasteiger partial charge in [0.1, 0.15) is 11.6 Å². The quantitative estimate of drug-likeness (QED) is 0.771. The normalized spacial score (nSPS) is 11.0. The fourth-order valence-corrected chi connectivity index (χ4v) is 1.73. The molecule has 0 saturated carbocycles. The van der Waals surface area contributed by atoms with E-state index in [4.69, 9.17) is 0 Å². The summed E-state index contributed by atoms with van der Waals surface area (Å²) >= 11 is 0. The molecule has 9 heteroatoms. The number of ether oxygens (including phenoxy) is 1. The molecule has 21 heavy (non-hydrogen) atoms. The van der Waals surface area contributed by atoms with Gasteiger partial charge in [0.05, 0.1) is 0 Å². The Morgan fingerprint density at radius 3 is 2.71 bits per heavy atom. The SMILES string of the molecule is FC(F)Oc1ccc(CNc2ccc3nnnn3n2)cc1. The predicted molar refractivity (Wildman–Crippen MR) is 69.0 cm³/mol. The molecule has 0 spiro atoms. The van der Waals surface area contributed by atoms with Crippen molar-refractivity contribution in [1.82, 2.24) is 25.3 Å². The van der Waals surface area contributed by atoms with Crippen molar-refractivity contribution >= 4 is 11.5 Å². The maximum atomic E-state index is 12.0. The number of aromatic nitrogens is 5. The average molecular weight is 292 g/mol. The molecule has 0 atom stereocenters. The number of benzene rings is 1. The highest BCUT2D eigenvalue weighted by atomic mass is 19.3. The second-order valence-electron chi connectivity index (χ2n) is 4.12. The van der Waals surface area contributed by atoms with Crippen LogP contribution >= 0.6 is 0 Å². The zero-order chi connectivity index (χ0) is 14.7. The summed E-state index contributed by atoms with van der Waals surface area (Å²) in [5, 5.41) is 18.2. The standard InChI is InChI=1S/C12H10F2N6O/c13-12(14)21-9-3-1-8(2-4-9)7-15-10-5-6-11-16-18-19-20(11)17-10/h1-6,12H,7H2,(H,15,17). The Morgan fingerprint density at radius 2 is 1.95 bits per heavy atom. The molecule has 0 aliphatic heterocycles. The minimum Gasteiger partial charge on any atom is -0.435 e. The van der Waals surface area contributed by atoms with Crippen LogP contribution < -0.4 is 10.1 Å². The van der Waals surface area contributed by atoms with E-state index >= 15 is 0 Å². The molecule has 3 rings (SSSR count). The Labute approximate surface area is 117 Å². The molecule has 3 aromatic rings. The summed E-state index contributed by atoms with van der Waals surface area (Å²) in [7, 11) is 0. The van der Waals surface area contributed by atoms with Gasteiger partial charge in [-0.05, 0) is 40.3 Å². The first-order chi connectivity index (χ1) is 10.2. The lowest BCUT2D eigenvalue weighted by molar-refractivity contribution is -0.0498. The van der Waals surface area contributed by atoms with E-state index in [9.17, 15) is 8.78 Å². The van der Waals surface area contributed by atoms with Crippen LogP contribution in [-0.4, -0.2) is 31.9 Å². The second kappa shape index (κ2) is 5.65. The highest BCUT2D eigenvalue weighted by molar-refractivity contribution is 5.42. The largest absolute Gasteiger partial charge is 0.435 e. The highest BCUT2D eigenvalue weighted by Gasteiger charge is 2.04. The van der Waals surface area contributed by atoms with Crippen molar-refractivity contribution in [3.8, 4) is 5.75 Å². The molecule has 0 amide bonds. The van der Waals surface area contributed by atoms with Crippen molar-refractivity contribution < 1.29 is 13.5 Å². The van der Waals surface area contributed by atoms with Crippen LogP contribution in [0.3, 0.4) is 0 Å². The van der Waals surface area contributed by atoms with Crippen molar-refractivity contribution in [3.63, 3.8) is 0 Å². The van der Waals surface area contributed by atoms with Crippen LogP contribution in [0.25, 0.3) is 5.65 Å². The number of halogens is 2. The number of rotatable bonds is 5. The van der Waals surface area contributed by atoms with Gasteiger partial charge in [0.25, 0.3) is 0 Å². The van der Waals surface area contributed by atoms with E-state index < -0.39 is 6.61 Å². The molecule has 0 bridgehead atoms. The maximum Gasteiger partial charge on any atom is 0.387 e. The molecule has 0 aliphatic rings. The minimum absolute atomic E-state index is 0.127. The number of fused-ring (bicyclic) bond motifs is 1. The molecule has 108 valence electrons. The lowest BCUT2D eigenvalue weighted by Gasteiger charge is -2.07. The van der Waals surface area contributed by atoms with Gasteiger partial charge >= 0.3 is 6.61 Å². The summed E-state index contributed by atoms with van der Waals surface area (Å²) < 4.78 is 29.6. The third-order valence-electron chi connectivity index (χ3n) is 2.69. The molecule has 1 aromatic carbocycles. The third kappa shape index (κ3) is 3.19. The van der Waals surface area contributed by atoms with Gasteiger partial charge in [-0.1, -0.05) is 12.1 Å². The van der Waals surface area contributed by atoms with Crippen molar-refractivity contribution in [1.29, 1.82) is 0 Å². The summed E-state index contributed by atoms with van der Waals surface area (Å²) in [5.74, 6) is 0.727. The highest BCUT2D eigenvalue weighted by Crippen LogP contribution is 2.15. The Hall–Kier alpha value is -2.84. The van der Waals surface area contributed by atoms with Gasteiger partial charge in [-0.25, -0.2) is 0 Å². The smallest absolute Gasteiger partial charge is 0.387 e. The first-order valence-corrected chi connectivity index (χ1v) is 6.04. The van der Waals surface area contributed by atoms with Crippen molar-refractivity contribution in [2.45, 2.75) is 13.2 Å². The van der Waals surface area contributed by atoms with Crippen LogP contribution in [-0.2, 0) is 6.54 Å². The number of hydrogen-bond acceptors (Lipinski definition) is 6. The monoisotopic (exact) mass is 292 g/mol. The first-order valence-electron chi connectivity index (χ1n) is 6.04. The summed E-state index contributed by atoms with van der Waals surface area (Å²) in [4.78, 5) is 0. The lowest BCUT2D eigenvalue weighted by Crippen LogP contribution is -2.05. The maximum absolute atomic E-state index is 12.0. The summed E-state index contributed by atoms with van der Waals surface area (Å²) in [6.45, 7) is -2.34. The summed E-state index contributed by atoms with van der Waals surface area (Å²) in [6.07, 6.45) is 0. The van der Waals surface area contributed by atoms with Crippen LogP contribution in [0.4, 0.5) is 14.6 Å². The number of alkyl halides is 2. The molecule has 2 heterocycles.